The Labute approximate surface area is 101 Å². The summed E-state index contributed by atoms with van der Waals surface area (Å²) in [5.41, 5.74) is 13.0. The summed E-state index contributed by atoms with van der Waals surface area (Å²) in [5, 5.41) is 3.45. The Morgan fingerprint density at radius 1 is 1.35 bits per heavy atom. The molecule has 0 aromatic heterocycles. The fourth-order valence-electron chi connectivity index (χ4n) is 2.49. The number of nitrogen functional groups attached to an aromatic ring is 1. The van der Waals surface area contributed by atoms with Crippen molar-refractivity contribution in [1.29, 1.82) is 0 Å². The van der Waals surface area contributed by atoms with E-state index >= 15 is 0 Å². The van der Waals surface area contributed by atoms with Crippen molar-refractivity contribution in [2.45, 2.75) is 38.1 Å². The third-order valence-electron chi connectivity index (χ3n) is 3.52. The van der Waals surface area contributed by atoms with Gasteiger partial charge in [-0.1, -0.05) is 18.9 Å². The molecule has 0 aliphatic heterocycles. The van der Waals surface area contributed by atoms with E-state index in [2.05, 4.69) is 12.2 Å². The van der Waals surface area contributed by atoms with Gasteiger partial charge in [0.2, 0.25) is 0 Å². The van der Waals surface area contributed by atoms with Crippen LogP contribution in [0.25, 0.3) is 0 Å². The van der Waals surface area contributed by atoms with Gasteiger partial charge >= 0.3 is 0 Å². The van der Waals surface area contributed by atoms with Crippen molar-refractivity contribution in [2.75, 3.05) is 11.1 Å². The Hall–Kier alpha value is -1.71. The minimum absolute atomic E-state index is 0.0877. The van der Waals surface area contributed by atoms with E-state index in [-0.39, 0.29) is 5.54 Å². The summed E-state index contributed by atoms with van der Waals surface area (Å²) in [5.74, 6) is -0.484. The second kappa shape index (κ2) is 4.28. The normalized spacial score (nSPS) is 17.9. The number of carbonyl (C=O) groups is 1. The molecule has 0 saturated heterocycles. The molecule has 17 heavy (non-hydrogen) atoms. The summed E-state index contributed by atoms with van der Waals surface area (Å²) in [4.78, 5) is 11.2. The second-order valence-corrected chi connectivity index (χ2v) is 5.02. The number of nitrogens with one attached hydrogen (secondary N) is 1. The van der Waals surface area contributed by atoms with Crippen LogP contribution in [0.1, 0.15) is 43.0 Å². The first-order valence-corrected chi connectivity index (χ1v) is 5.98. The van der Waals surface area contributed by atoms with Crippen molar-refractivity contribution < 1.29 is 4.79 Å². The van der Waals surface area contributed by atoms with Crippen LogP contribution in [-0.4, -0.2) is 11.4 Å². The lowest BCUT2D eigenvalue weighted by molar-refractivity contribution is 0.100. The summed E-state index contributed by atoms with van der Waals surface area (Å²) in [7, 11) is 0. The van der Waals surface area contributed by atoms with Crippen molar-refractivity contribution in [2.24, 2.45) is 5.73 Å². The van der Waals surface area contributed by atoms with Crippen LogP contribution in [-0.2, 0) is 0 Å². The summed E-state index contributed by atoms with van der Waals surface area (Å²) in [6.45, 7) is 2.19. The molecule has 0 atom stereocenters. The van der Waals surface area contributed by atoms with Crippen molar-refractivity contribution in [3.8, 4) is 0 Å². The standard InChI is InChI=1S/C13H19N3O/c1-13(7-2-3-8-13)16-10-6-4-5-9(11(10)14)12(15)17/h4-6,16H,2-3,7-8,14H2,1H3,(H2,15,17). The molecule has 0 unspecified atom stereocenters. The Balaban J connectivity index is 2.27. The fraction of sp³-hybridized carbons (Fsp3) is 0.462. The highest BCUT2D eigenvalue weighted by Crippen LogP contribution is 2.34. The van der Waals surface area contributed by atoms with E-state index < -0.39 is 5.91 Å². The van der Waals surface area contributed by atoms with Crippen LogP contribution in [0.2, 0.25) is 0 Å². The molecule has 4 heteroatoms. The molecule has 1 aliphatic carbocycles. The number of para-hydroxylation sites is 1. The maximum Gasteiger partial charge on any atom is 0.250 e. The average molecular weight is 233 g/mol. The maximum absolute atomic E-state index is 11.2. The molecular weight excluding hydrogens is 214 g/mol. The van der Waals surface area contributed by atoms with Crippen LogP contribution in [0, 0.1) is 0 Å². The summed E-state index contributed by atoms with van der Waals surface area (Å²) < 4.78 is 0. The van der Waals surface area contributed by atoms with Crippen LogP contribution < -0.4 is 16.8 Å². The Morgan fingerprint density at radius 2 is 2.00 bits per heavy atom. The summed E-state index contributed by atoms with van der Waals surface area (Å²) in [6, 6.07) is 5.35. The van der Waals surface area contributed by atoms with Gasteiger partial charge < -0.3 is 16.8 Å². The zero-order valence-corrected chi connectivity index (χ0v) is 10.1. The molecule has 2 rings (SSSR count). The molecule has 5 N–H and O–H groups in total. The molecule has 0 spiro atoms. The minimum Gasteiger partial charge on any atom is -0.396 e. The van der Waals surface area contributed by atoms with E-state index in [0.717, 1.165) is 18.5 Å². The van der Waals surface area contributed by atoms with E-state index in [4.69, 9.17) is 11.5 Å². The largest absolute Gasteiger partial charge is 0.396 e. The minimum atomic E-state index is -0.484. The highest BCUT2D eigenvalue weighted by molar-refractivity contribution is 6.00. The van der Waals surface area contributed by atoms with Crippen molar-refractivity contribution in [1.82, 2.24) is 0 Å². The molecule has 0 heterocycles. The van der Waals surface area contributed by atoms with E-state index in [1.165, 1.54) is 12.8 Å². The SMILES string of the molecule is CC1(Nc2cccc(C(N)=O)c2N)CCCC1. The topological polar surface area (TPSA) is 81.1 Å². The van der Waals surface area contributed by atoms with Gasteiger partial charge in [-0.15, -0.1) is 0 Å². The molecule has 1 aromatic rings. The van der Waals surface area contributed by atoms with Gasteiger partial charge in [-0.3, -0.25) is 4.79 Å². The van der Waals surface area contributed by atoms with Gasteiger partial charge in [0.05, 0.1) is 16.9 Å². The monoisotopic (exact) mass is 233 g/mol. The molecule has 1 aliphatic rings. The first kappa shape index (κ1) is 11.8. The highest BCUT2D eigenvalue weighted by atomic mass is 16.1. The summed E-state index contributed by atoms with van der Waals surface area (Å²) in [6.07, 6.45) is 4.73. The Kier molecular flexibility index (Phi) is 2.96. The second-order valence-electron chi connectivity index (χ2n) is 5.02. The Bertz CT molecular complexity index is 436. The van der Waals surface area contributed by atoms with E-state index in [9.17, 15) is 4.79 Å². The number of rotatable bonds is 3. The first-order chi connectivity index (χ1) is 8.02. The average Bonchev–Trinajstić information content (AvgIpc) is 2.68. The molecule has 1 fully saturated rings. The van der Waals surface area contributed by atoms with E-state index in [1.54, 1.807) is 12.1 Å². The molecule has 1 amide bonds. The van der Waals surface area contributed by atoms with Gasteiger partial charge in [0.1, 0.15) is 0 Å². The zero-order valence-electron chi connectivity index (χ0n) is 10.1. The Morgan fingerprint density at radius 3 is 2.59 bits per heavy atom. The van der Waals surface area contributed by atoms with Crippen molar-refractivity contribution in [3.63, 3.8) is 0 Å². The van der Waals surface area contributed by atoms with Gasteiger partial charge in [-0.05, 0) is 31.9 Å². The zero-order chi connectivity index (χ0) is 12.5. The van der Waals surface area contributed by atoms with Gasteiger partial charge in [-0.2, -0.15) is 0 Å². The van der Waals surface area contributed by atoms with Crippen molar-refractivity contribution in [3.05, 3.63) is 23.8 Å². The molecule has 0 bridgehead atoms. The lowest BCUT2D eigenvalue weighted by Gasteiger charge is -2.27. The number of hydrogen-bond acceptors (Lipinski definition) is 3. The van der Waals surface area contributed by atoms with E-state index in [0.29, 0.717) is 11.3 Å². The van der Waals surface area contributed by atoms with Crippen LogP contribution in [0.3, 0.4) is 0 Å². The van der Waals surface area contributed by atoms with Gasteiger partial charge in [0.15, 0.2) is 0 Å². The van der Waals surface area contributed by atoms with Gasteiger partial charge in [0, 0.05) is 5.54 Å². The molecular formula is C13H19N3O. The van der Waals surface area contributed by atoms with Gasteiger partial charge in [-0.25, -0.2) is 0 Å². The lowest BCUT2D eigenvalue weighted by atomic mass is 9.99. The molecule has 1 aromatic carbocycles. The number of primary amides is 1. The van der Waals surface area contributed by atoms with Crippen LogP contribution in [0.15, 0.2) is 18.2 Å². The maximum atomic E-state index is 11.2. The number of nitrogens with two attached hydrogens (primary N) is 2. The first-order valence-electron chi connectivity index (χ1n) is 5.98. The molecule has 1 saturated carbocycles. The third kappa shape index (κ3) is 2.35. The smallest absolute Gasteiger partial charge is 0.250 e. The number of amides is 1. The number of anilines is 2. The number of benzene rings is 1. The highest BCUT2D eigenvalue weighted by Gasteiger charge is 2.29. The van der Waals surface area contributed by atoms with Crippen molar-refractivity contribution >= 4 is 17.3 Å². The lowest BCUT2D eigenvalue weighted by Crippen LogP contribution is -2.31. The quantitative estimate of drug-likeness (QED) is 0.699. The molecule has 92 valence electrons. The summed E-state index contributed by atoms with van der Waals surface area (Å²) >= 11 is 0. The number of hydrogen-bond donors (Lipinski definition) is 3. The van der Waals surface area contributed by atoms with Gasteiger partial charge in [0.25, 0.3) is 5.91 Å². The predicted molar refractivity (Wildman–Crippen MR) is 69.9 cm³/mol. The predicted octanol–water partition coefficient (Wildman–Crippen LogP) is 2.11. The fourth-order valence-corrected chi connectivity index (χ4v) is 2.49. The molecule has 0 radical (unpaired) electrons. The third-order valence-corrected chi connectivity index (χ3v) is 3.52. The molecule has 4 nitrogen and oxygen atoms in total. The van der Waals surface area contributed by atoms with Crippen LogP contribution in [0.4, 0.5) is 11.4 Å². The number of carbonyl (C=O) groups excluding carboxylic acids is 1. The van der Waals surface area contributed by atoms with E-state index in [1.807, 2.05) is 6.07 Å². The van der Waals surface area contributed by atoms with Crippen LogP contribution >= 0.6 is 0 Å². The van der Waals surface area contributed by atoms with Crippen LogP contribution in [0.5, 0.6) is 0 Å².